The zero-order chi connectivity index (χ0) is 12.1. The van der Waals surface area contributed by atoms with Crippen LogP contribution < -0.4 is 5.32 Å². The van der Waals surface area contributed by atoms with Crippen LogP contribution in [0.1, 0.15) is 18.4 Å². The molecule has 96 valence electrons. The summed E-state index contributed by atoms with van der Waals surface area (Å²) in [4.78, 5) is 2.26. The van der Waals surface area contributed by atoms with E-state index in [4.69, 9.17) is 4.52 Å². The smallest absolute Gasteiger partial charge is 0.151 e. The fraction of sp³-hybridized carbons (Fsp3) is 0.727. The van der Waals surface area contributed by atoms with Crippen molar-refractivity contribution in [3.05, 3.63) is 17.5 Å². The molecule has 1 N–H and O–H groups in total. The summed E-state index contributed by atoms with van der Waals surface area (Å²) in [5.41, 5.74) is 0.947. The predicted octanol–water partition coefficient (Wildman–Crippen LogP) is 0.348. The molecule has 1 aromatic heterocycles. The maximum atomic E-state index is 11.2. The van der Waals surface area contributed by atoms with Crippen molar-refractivity contribution < 1.29 is 8.73 Å². The van der Waals surface area contributed by atoms with Gasteiger partial charge in [0.15, 0.2) is 5.76 Å². The summed E-state index contributed by atoms with van der Waals surface area (Å²) < 4.78 is 16.5. The summed E-state index contributed by atoms with van der Waals surface area (Å²) in [6, 6.07) is 1.99. The predicted molar refractivity (Wildman–Crippen MR) is 67.0 cm³/mol. The molecule has 1 aromatic rings. The molecule has 0 amide bonds. The van der Waals surface area contributed by atoms with E-state index in [9.17, 15) is 4.21 Å². The van der Waals surface area contributed by atoms with Gasteiger partial charge in [-0.05, 0) is 6.54 Å². The summed E-state index contributed by atoms with van der Waals surface area (Å²) in [6.07, 6.45) is 0. The van der Waals surface area contributed by atoms with Gasteiger partial charge in [-0.2, -0.15) is 0 Å². The van der Waals surface area contributed by atoms with E-state index in [1.807, 2.05) is 6.07 Å². The van der Waals surface area contributed by atoms with Gasteiger partial charge in [0.1, 0.15) is 0 Å². The Labute approximate surface area is 104 Å². The van der Waals surface area contributed by atoms with Crippen LogP contribution in [0.5, 0.6) is 0 Å². The first-order valence-electron chi connectivity index (χ1n) is 6.00. The average Bonchev–Trinajstić information content (AvgIpc) is 2.77. The molecule has 1 aliphatic rings. The van der Waals surface area contributed by atoms with E-state index < -0.39 is 10.8 Å². The summed E-state index contributed by atoms with van der Waals surface area (Å²) in [6.45, 7) is 6.29. The van der Waals surface area contributed by atoms with Gasteiger partial charge in [-0.25, -0.2) is 0 Å². The highest BCUT2D eigenvalue weighted by Crippen LogP contribution is 2.09. The third kappa shape index (κ3) is 3.90. The molecule has 0 radical (unpaired) electrons. The zero-order valence-corrected chi connectivity index (χ0v) is 11.0. The van der Waals surface area contributed by atoms with Gasteiger partial charge < -0.3 is 9.84 Å². The molecule has 2 rings (SSSR count). The Kier molecular flexibility index (Phi) is 4.70. The first-order chi connectivity index (χ1) is 8.28. The minimum atomic E-state index is -0.616. The van der Waals surface area contributed by atoms with Crippen LogP contribution in [0, 0.1) is 0 Å². The van der Waals surface area contributed by atoms with Crippen molar-refractivity contribution >= 4 is 10.8 Å². The Morgan fingerprint density at radius 3 is 3.00 bits per heavy atom. The maximum absolute atomic E-state index is 11.2. The van der Waals surface area contributed by atoms with Crippen LogP contribution in [0.15, 0.2) is 10.6 Å². The van der Waals surface area contributed by atoms with Crippen molar-refractivity contribution in [3.8, 4) is 0 Å². The third-order valence-corrected chi connectivity index (χ3v) is 4.09. The van der Waals surface area contributed by atoms with Crippen LogP contribution in [0.25, 0.3) is 0 Å². The summed E-state index contributed by atoms with van der Waals surface area (Å²) in [5, 5.41) is 7.22. The summed E-state index contributed by atoms with van der Waals surface area (Å²) in [7, 11) is -0.616. The fourth-order valence-corrected chi connectivity index (χ4v) is 2.95. The second-order valence-electron chi connectivity index (χ2n) is 4.19. The van der Waals surface area contributed by atoms with E-state index in [0.29, 0.717) is 0 Å². The van der Waals surface area contributed by atoms with Crippen molar-refractivity contribution in [2.45, 2.75) is 20.0 Å². The van der Waals surface area contributed by atoms with Gasteiger partial charge >= 0.3 is 0 Å². The van der Waals surface area contributed by atoms with Crippen molar-refractivity contribution in [3.63, 3.8) is 0 Å². The molecular weight excluding hydrogens is 238 g/mol. The summed E-state index contributed by atoms with van der Waals surface area (Å²) >= 11 is 0. The second-order valence-corrected chi connectivity index (χ2v) is 5.89. The normalized spacial score (nSPS) is 18.6. The lowest BCUT2D eigenvalue weighted by Crippen LogP contribution is -2.37. The quantitative estimate of drug-likeness (QED) is 0.825. The summed E-state index contributed by atoms with van der Waals surface area (Å²) in [5.74, 6) is 2.45. The topological polar surface area (TPSA) is 58.4 Å². The number of aromatic nitrogens is 1. The van der Waals surface area contributed by atoms with Gasteiger partial charge in [-0.1, -0.05) is 12.1 Å². The van der Waals surface area contributed by atoms with E-state index in [-0.39, 0.29) is 0 Å². The highest BCUT2D eigenvalue weighted by atomic mass is 32.2. The van der Waals surface area contributed by atoms with Crippen LogP contribution in [-0.4, -0.2) is 45.4 Å². The minimum absolute atomic E-state index is 0.616. The fourth-order valence-electron chi connectivity index (χ4n) is 1.82. The standard InChI is InChI=1S/C11H19N3O2S/c1-2-12-8-10-7-11(16-13-10)9-14-3-5-17(15)6-4-14/h7,12H,2-6,8-9H2,1H3. The van der Waals surface area contributed by atoms with Gasteiger partial charge in [0, 0.05) is 48.0 Å². The molecule has 1 saturated heterocycles. The molecule has 0 saturated carbocycles. The maximum Gasteiger partial charge on any atom is 0.151 e. The molecule has 1 fully saturated rings. The molecule has 0 spiro atoms. The second kappa shape index (κ2) is 6.28. The van der Waals surface area contributed by atoms with Gasteiger partial charge in [0.2, 0.25) is 0 Å². The molecule has 0 atom stereocenters. The van der Waals surface area contributed by atoms with Gasteiger partial charge in [-0.15, -0.1) is 0 Å². The van der Waals surface area contributed by atoms with Crippen LogP contribution in [0.3, 0.4) is 0 Å². The Hall–Kier alpha value is -0.720. The van der Waals surface area contributed by atoms with Crippen LogP contribution in [0.2, 0.25) is 0 Å². The van der Waals surface area contributed by atoms with Crippen molar-refractivity contribution in [2.75, 3.05) is 31.1 Å². The molecule has 0 aliphatic carbocycles. The monoisotopic (exact) mass is 257 g/mol. The molecule has 0 aromatic carbocycles. The van der Waals surface area contributed by atoms with Crippen LogP contribution >= 0.6 is 0 Å². The largest absolute Gasteiger partial charge is 0.360 e. The highest BCUT2D eigenvalue weighted by molar-refractivity contribution is 7.85. The third-order valence-electron chi connectivity index (χ3n) is 2.81. The molecule has 1 aliphatic heterocycles. The Bertz CT molecular complexity index is 371. The molecular formula is C11H19N3O2S. The SMILES string of the molecule is CCNCc1cc(CN2CCS(=O)CC2)on1. The number of rotatable bonds is 5. The number of nitrogens with one attached hydrogen (secondary N) is 1. The first kappa shape index (κ1) is 12.7. The van der Waals surface area contributed by atoms with Gasteiger partial charge in [0.05, 0.1) is 12.2 Å². The van der Waals surface area contributed by atoms with Gasteiger partial charge in [-0.3, -0.25) is 9.11 Å². The van der Waals surface area contributed by atoms with Gasteiger partial charge in [0.25, 0.3) is 0 Å². The van der Waals surface area contributed by atoms with E-state index in [0.717, 1.165) is 55.7 Å². The highest BCUT2D eigenvalue weighted by Gasteiger charge is 2.16. The Balaban J connectivity index is 1.82. The number of nitrogens with zero attached hydrogens (tertiary/aromatic N) is 2. The molecule has 5 nitrogen and oxygen atoms in total. The van der Waals surface area contributed by atoms with Crippen LogP contribution in [0.4, 0.5) is 0 Å². The number of hydrogen-bond acceptors (Lipinski definition) is 5. The first-order valence-corrected chi connectivity index (χ1v) is 7.49. The lowest BCUT2D eigenvalue weighted by atomic mass is 10.3. The lowest BCUT2D eigenvalue weighted by molar-refractivity contribution is 0.248. The van der Waals surface area contributed by atoms with E-state index in [1.165, 1.54) is 0 Å². The lowest BCUT2D eigenvalue weighted by Gasteiger charge is -2.24. The molecule has 0 unspecified atom stereocenters. The van der Waals surface area contributed by atoms with Crippen LogP contribution in [-0.2, 0) is 23.9 Å². The molecule has 17 heavy (non-hydrogen) atoms. The van der Waals surface area contributed by atoms with Crippen molar-refractivity contribution in [2.24, 2.45) is 0 Å². The van der Waals surface area contributed by atoms with E-state index in [2.05, 4.69) is 22.3 Å². The average molecular weight is 257 g/mol. The minimum Gasteiger partial charge on any atom is -0.360 e. The van der Waals surface area contributed by atoms with E-state index in [1.54, 1.807) is 0 Å². The van der Waals surface area contributed by atoms with E-state index >= 15 is 0 Å². The Morgan fingerprint density at radius 1 is 1.53 bits per heavy atom. The van der Waals surface area contributed by atoms with Crippen molar-refractivity contribution in [1.29, 1.82) is 0 Å². The molecule has 6 heteroatoms. The Morgan fingerprint density at radius 2 is 2.29 bits per heavy atom. The zero-order valence-electron chi connectivity index (χ0n) is 10.1. The number of hydrogen-bond donors (Lipinski definition) is 1. The van der Waals surface area contributed by atoms with Crippen molar-refractivity contribution in [1.82, 2.24) is 15.4 Å². The molecule has 0 bridgehead atoms. The molecule has 2 heterocycles.